The fourth-order valence-electron chi connectivity index (χ4n) is 8.54. The normalized spacial score (nSPS) is 13.2. The van der Waals surface area contributed by atoms with Crippen molar-refractivity contribution in [3.05, 3.63) is 229 Å². The molecule has 240 valence electrons. The van der Waals surface area contributed by atoms with Gasteiger partial charge in [-0.1, -0.05) is 158 Å². The minimum absolute atomic E-state index is 0.486. The van der Waals surface area contributed by atoms with E-state index in [0.29, 0.717) is 0 Å². The molecule has 0 atom stereocenters. The van der Waals surface area contributed by atoms with Gasteiger partial charge in [-0.2, -0.15) is 0 Å². The molecule has 0 bridgehead atoms. The van der Waals surface area contributed by atoms with E-state index in [1.807, 2.05) is 0 Å². The third kappa shape index (κ3) is 4.43. The molecule has 0 unspecified atom stereocenters. The minimum Gasteiger partial charge on any atom is -0.310 e. The Labute approximate surface area is 298 Å². The molecule has 0 aliphatic carbocycles. The lowest BCUT2D eigenvalue weighted by atomic mass is 9.62. The molecule has 8 aromatic carbocycles. The second-order valence-electron chi connectivity index (χ2n) is 13.3. The second kappa shape index (κ2) is 11.8. The lowest BCUT2D eigenvalue weighted by Crippen LogP contribution is -2.37. The van der Waals surface area contributed by atoms with Crippen molar-refractivity contribution in [1.29, 1.82) is 0 Å². The van der Waals surface area contributed by atoms with Gasteiger partial charge < -0.3 is 9.47 Å². The van der Waals surface area contributed by atoms with Gasteiger partial charge in [0.2, 0.25) is 0 Å². The third-order valence-electron chi connectivity index (χ3n) is 10.6. The van der Waals surface area contributed by atoms with Gasteiger partial charge in [0, 0.05) is 22.1 Å². The van der Waals surface area contributed by atoms with E-state index in [2.05, 4.69) is 216 Å². The van der Waals surface area contributed by atoms with E-state index in [4.69, 9.17) is 0 Å². The molecule has 0 radical (unpaired) electrons. The van der Waals surface area contributed by atoms with Crippen LogP contribution in [-0.4, -0.2) is 4.57 Å². The van der Waals surface area contributed by atoms with Crippen molar-refractivity contribution in [2.24, 2.45) is 0 Å². The van der Waals surface area contributed by atoms with E-state index in [-0.39, 0.29) is 0 Å². The lowest BCUT2D eigenvalue weighted by molar-refractivity contribution is 0.731. The van der Waals surface area contributed by atoms with Crippen LogP contribution < -0.4 is 4.90 Å². The summed E-state index contributed by atoms with van der Waals surface area (Å²) < 4.78 is 2.39. The largest absolute Gasteiger partial charge is 0.310 e. The van der Waals surface area contributed by atoms with Crippen LogP contribution in [0.15, 0.2) is 206 Å². The third-order valence-corrected chi connectivity index (χ3v) is 10.6. The number of hydrogen-bond acceptors (Lipinski definition) is 1. The summed E-state index contributed by atoms with van der Waals surface area (Å²) >= 11 is 0. The highest BCUT2D eigenvalue weighted by atomic mass is 15.2. The molecule has 10 rings (SSSR count). The fraction of sp³-hybridized carbons (Fsp3) is 0.0204. The van der Waals surface area contributed by atoms with E-state index >= 15 is 0 Å². The average molecular weight is 651 g/mol. The molecule has 2 heteroatoms. The van der Waals surface area contributed by atoms with Gasteiger partial charge in [-0.3, -0.25) is 0 Å². The number of hydrogen-bond donors (Lipinski definition) is 0. The van der Waals surface area contributed by atoms with Gasteiger partial charge in [0.05, 0.1) is 27.8 Å². The topological polar surface area (TPSA) is 8.17 Å². The first-order valence-corrected chi connectivity index (χ1v) is 17.6. The summed E-state index contributed by atoms with van der Waals surface area (Å²) in [5, 5.41) is 2.54. The van der Waals surface area contributed by atoms with E-state index < -0.39 is 5.41 Å². The van der Waals surface area contributed by atoms with Gasteiger partial charge in [0.15, 0.2) is 0 Å². The van der Waals surface area contributed by atoms with E-state index in [9.17, 15) is 0 Å². The molecule has 9 aromatic rings. The maximum Gasteiger partial charge on any atom is 0.0742 e. The molecule has 1 aliphatic heterocycles. The number of benzene rings is 8. The zero-order chi connectivity index (χ0) is 33.8. The van der Waals surface area contributed by atoms with Crippen LogP contribution in [0.25, 0.3) is 38.6 Å². The van der Waals surface area contributed by atoms with Gasteiger partial charge in [-0.15, -0.1) is 0 Å². The van der Waals surface area contributed by atoms with Gasteiger partial charge in [-0.25, -0.2) is 0 Å². The number of fused-ring (bicyclic) bond motifs is 5. The fourth-order valence-corrected chi connectivity index (χ4v) is 8.54. The Morgan fingerprint density at radius 1 is 0.333 bits per heavy atom. The Balaban J connectivity index is 1.16. The van der Waals surface area contributed by atoms with Crippen molar-refractivity contribution in [3.8, 4) is 16.8 Å². The van der Waals surface area contributed by atoms with Gasteiger partial charge in [0.25, 0.3) is 0 Å². The van der Waals surface area contributed by atoms with E-state index in [1.165, 1.54) is 66.6 Å². The van der Waals surface area contributed by atoms with Crippen molar-refractivity contribution in [1.82, 2.24) is 4.57 Å². The predicted octanol–water partition coefficient (Wildman–Crippen LogP) is 12.6. The van der Waals surface area contributed by atoms with Crippen LogP contribution in [0, 0.1) is 0 Å². The zero-order valence-electron chi connectivity index (χ0n) is 28.0. The second-order valence-corrected chi connectivity index (χ2v) is 13.3. The first-order chi connectivity index (χ1) is 25.3. The molecule has 0 amide bonds. The molecular formula is C49H34N2. The quantitative estimate of drug-likeness (QED) is 0.180. The van der Waals surface area contributed by atoms with Crippen molar-refractivity contribution in [2.75, 3.05) is 4.90 Å². The Kier molecular flexibility index (Phi) is 6.75. The molecule has 0 spiro atoms. The van der Waals surface area contributed by atoms with Crippen molar-refractivity contribution in [3.63, 3.8) is 0 Å². The maximum atomic E-state index is 2.45. The summed E-state index contributed by atoms with van der Waals surface area (Å²) in [5.74, 6) is 0. The predicted molar refractivity (Wildman–Crippen MR) is 213 cm³/mol. The van der Waals surface area contributed by atoms with Gasteiger partial charge in [0.1, 0.15) is 0 Å². The molecule has 1 aliphatic rings. The van der Waals surface area contributed by atoms with E-state index in [0.717, 1.165) is 11.4 Å². The molecule has 0 saturated heterocycles. The molecule has 0 fully saturated rings. The highest BCUT2D eigenvalue weighted by Crippen LogP contribution is 2.57. The van der Waals surface area contributed by atoms with Crippen LogP contribution in [0.1, 0.15) is 22.3 Å². The molecule has 2 nitrogen and oxygen atoms in total. The van der Waals surface area contributed by atoms with Crippen LogP contribution in [0.5, 0.6) is 0 Å². The highest BCUT2D eigenvalue weighted by molar-refractivity contribution is 6.09. The minimum atomic E-state index is -0.486. The van der Waals surface area contributed by atoms with Gasteiger partial charge >= 0.3 is 0 Å². The first kappa shape index (κ1) is 29.3. The number of para-hydroxylation sites is 4. The lowest BCUT2D eigenvalue weighted by Gasteiger charge is -2.46. The Morgan fingerprint density at radius 3 is 1.31 bits per heavy atom. The molecule has 1 aromatic heterocycles. The average Bonchev–Trinajstić information content (AvgIpc) is 3.55. The smallest absolute Gasteiger partial charge is 0.0742 e. The van der Waals surface area contributed by atoms with Crippen molar-refractivity contribution >= 4 is 38.9 Å². The first-order valence-electron chi connectivity index (χ1n) is 17.6. The monoisotopic (exact) mass is 650 g/mol. The van der Waals surface area contributed by atoms with Crippen LogP contribution in [-0.2, 0) is 5.41 Å². The van der Waals surface area contributed by atoms with Crippen LogP contribution in [0.4, 0.5) is 17.1 Å². The summed E-state index contributed by atoms with van der Waals surface area (Å²) in [6, 6.07) is 75.2. The Bertz CT molecular complexity index is 2560. The molecule has 0 saturated carbocycles. The van der Waals surface area contributed by atoms with Gasteiger partial charge in [-0.05, 0) is 81.9 Å². The summed E-state index contributed by atoms with van der Waals surface area (Å²) in [4.78, 5) is 2.45. The zero-order valence-corrected chi connectivity index (χ0v) is 28.0. The molecule has 0 N–H and O–H groups in total. The summed E-state index contributed by atoms with van der Waals surface area (Å²) in [7, 11) is 0. The summed E-state index contributed by atoms with van der Waals surface area (Å²) in [5.41, 5.74) is 14.0. The standard InChI is InChI=1S/C49H34N2/c1-3-19-37(20-4-1)49(38-21-5-2-6-22-38)43-27-9-13-31-47(43)51(48-32-14-10-28-44(48)49)40-24-16-18-36(34-40)35-17-15-23-39(33-35)50-45-29-11-7-25-41(45)42-26-8-12-30-46(42)50/h1-34H. The Hall–Kier alpha value is -6.64. The van der Waals surface area contributed by atoms with Crippen LogP contribution >= 0.6 is 0 Å². The molecule has 2 heterocycles. The summed E-state index contributed by atoms with van der Waals surface area (Å²) in [6.45, 7) is 0. The molecule has 51 heavy (non-hydrogen) atoms. The van der Waals surface area contributed by atoms with Crippen molar-refractivity contribution < 1.29 is 0 Å². The Morgan fingerprint density at radius 2 is 0.765 bits per heavy atom. The van der Waals surface area contributed by atoms with Crippen LogP contribution in [0.3, 0.4) is 0 Å². The molecular weight excluding hydrogens is 617 g/mol. The number of rotatable bonds is 5. The number of anilines is 3. The highest BCUT2D eigenvalue weighted by Gasteiger charge is 2.46. The van der Waals surface area contributed by atoms with Crippen molar-refractivity contribution in [2.45, 2.75) is 5.41 Å². The SMILES string of the molecule is c1ccc(C2(c3ccccc3)c3ccccc3N(c3cccc(-c4cccc(-n5c6ccccc6c6ccccc65)c4)c3)c3ccccc32)cc1. The van der Waals surface area contributed by atoms with E-state index in [1.54, 1.807) is 0 Å². The number of aromatic nitrogens is 1. The number of nitrogens with zero attached hydrogens (tertiary/aromatic N) is 2. The summed E-state index contributed by atoms with van der Waals surface area (Å²) in [6.07, 6.45) is 0. The van der Waals surface area contributed by atoms with Crippen LogP contribution in [0.2, 0.25) is 0 Å². The maximum absolute atomic E-state index is 2.45.